The molecule has 1 atom stereocenters. The van der Waals surface area contributed by atoms with Crippen LogP contribution in [0.2, 0.25) is 0 Å². The summed E-state index contributed by atoms with van der Waals surface area (Å²) in [6.07, 6.45) is 4.00. The maximum atomic E-state index is 12.3. The lowest BCUT2D eigenvalue weighted by atomic mass is 9.76. The Bertz CT molecular complexity index is 666. The Morgan fingerprint density at radius 3 is 2.75 bits per heavy atom. The van der Waals surface area contributed by atoms with Crippen molar-refractivity contribution in [2.24, 2.45) is 0 Å². The first-order valence-electron chi connectivity index (χ1n) is 7.04. The van der Waals surface area contributed by atoms with Gasteiger partial charge in [0.1, 0.15) is 0 Å². The van der Waals surface area contributed by atoms with E-state index in [4.69, 9.17) is 0 Å². The summed E-state index contributed by atoms with van der Waals surface area (Å²) in [7, 11) is 0. The first-order chi connectivity index (χ1) is 9.52. The molecule has 0 saturated heterocycles. The van der Waals surface area contributed by atoms with Gasteiger partial charge in [-0.05, 0) is 49.8 Å². The van der Waals surface area contributed by atoms with Crippen molar-refractivity contribution in [3.63, 3.8) is 0 Å². The molecular weight excluding hydrogens is 250 g/mol. The van der Waals surface area contributed by atoms with Crippen LogP contribution in [0, 0.1) is 19.1 Å². The fourth-order valence-corrected chi connectivity index (χ4v) is 3.11. The molecule has 1 aliphatic rings. The minimum Gasteiger partial charge on any atom is -0.618 e. The molecule has 0 aliphatic heterocycles. The molecule has 0 amide bonds. The molecule has 0 fully saturated rings. The molecule has 104 valence electrons. The van der Waals surface area contributed by atoms with Gasteiger partial charge < -0.3 is 10.3 Å². The van der Waals surface area contributed by atoms with E-state index in [1.165, 1.54) is 0 Å². The summed E-state index contributed by atoms with van der Waals surface area (Å²) >= 11 is 0. The third-order valence-corrected chi connectivity index (χ3v) is 4.39. The van der Waals surface area contributed by atoms with E-state index in [1.54, 1.807) is 6.20 Å². The summed E-state index contributed by atoms with van der Waals surface area (Å²) in [6.45, 7) is 3.88. The Morgan fingerprint density at radius 2 is 1.95 bits per heavy atom. The zero-order chi connectivity index (χ0) is 14.3. The number of benzene rings is 1. The number of aliphatic hydroxyl groups is 1. The van der Waals surface area contributed by atoms with E-state index >= 15 is 0 Å². The number of rotatable bonds is 1. The highest BCUT2D eigenvalue weighted by Gasteiger charge is 2.42. The van der Waals surface area contributed by atoms with Crippen molar-refractivity contribution in [2.45, 2.75) is 38.7 Å². The van der Waals surface area contributed by atoms with Crippen LogP contribution in [0.5, 0.6) is 0 Å². The Hall–Kier alpha value is -1.87. The van der Waals surface area contributed by atoms with Gasteiger partial charge >= 0.3 is 0 Å². The van der Waals surface area contributed by atoms with Crippen LogP contribution in [-0.2, 0) is 12.0 Å². The van der Waals surface area contributed by atoms with Gasteiger partial charge in [-0.15, -0.1) is 0 Å². The van der Waals surface area contributed by atoms with Gasteiger partial charge in [-0.2, -0.15) is 4.73 Å². The maximum absolute atomic E-state index is 12.3. The minimum atomic E-state index is -1.17. The molecule has 2 aromatic rings. The van der Waals surface area contributed by atoms with Crippen molar-refractivity contribution in [2.75, 3.05) is 0 Å². The lowest BCUT2D eigenvalue weighted by Gasteiger charge is -2.33. The highest BCUT2D eigenvalue weighted by Crippen LogP contribution is 2.39. The van der Waals surface area contributed by atoms with Crippen LogP contribution in [0.4, 0.5) is 0 Å². The average Bonchev–Trinajstić information content (AvgIpc) is 2.43. The minimum absolute atomic E-state index is 0.438. The molecule has 0 radical (unpaired) electrons. The van der Waals surface area contributed by atoms with Crippen molar-refractivity contribution in [3.05, 3.63) is 69.7 Å². The van der Waals surface area contributed by atoms with E-state index in [2.05, 4.69) is 0 Å². The third-order valence-electron chi connectivity index (χ3n) is 4.39. The topological polar surface area (TPSA) is 47.2 Å². The summed E-state index contributed by atoms with van der Waals surface area (Å²) in [6, 6.07) is 9.70. The van der Waals surface area contributed by atoms with Gasteiger partial charge in [0.15, 0.2) is 11.8 Å². The van der Waals surface area contributed by atoms with Crippen LogP contribution >= 0.6 is 0 Å². The second kappa shape index (κ2) is 4.60. The predicted molar refractivity (Wildman–Crippen MR) is 77.3 cm³/mol. The molecule has 0 unspecified atom stereocenters. The highest BCUT2D eigenvalue weighted by molar-refractivity contribution is 5.40. The molecule has 0 spiro atoms. The molecule has 0 bridgehead atoms. The van der Waals surface area contributed by atoms with Crippen molar-refractivity contribution in [3.8, 4) is 0 Å². The molecule has 1 heterocycles. The smallest absolute Gasteiger partial charge is 0.229 e. The standard InChI is InChI=1S/C17H19NO2/c1-12-10-16(18(20)11-13(12)2)17(19)9-5-7-14-6-3-4-8-15(14)17/h3-4,6,8,10-11,19H,5,7,9H2,1-2H3/t17-/m1/s1. The van der Waals surface area contributed by atoms with Crippen molar-refractivity contribution < 1.29 is 9.84 Å². The second-order valence-corrected chi connectivity index (χ2v) is 5.72. The van der Waals surface area contributed by atoms with E-state index in [0.29, 0.717) is 12.1 Å². The molecule has 1 N–H and O–H groups in total. The molecule has 3 nitrogen and oxygen atoms in total. The number of nitrogens with zero attached hydrogens (tertiary/aromatic N) is 1. The zero-order valence-corrected chi connectivity index (χ0v) is 11.9. The normalized spacial score (nSPS) is 21.6. The largest absolute Gasteiger partial charge is 0.618 e. The lowest BCUT2D eigenvalue weighted by Crippen LogP contribution is -2.45. The SMILES string of the molecule is Cc1cc([C@@]2(O)CCCc3ccccc32)[n+]([O-])cc1C. The molecular formula is C17H19NO2. The van der Waals surface area contributed by atoms with Gasteiger partial charge in [0.25, 0.3) is 0 Å². The molecule has 1 aromatic heterocycles. The van der Waals surface area contributed by atoms with E-state index < -0.39 is 5.60 Å². The fourth-order valence-electron chi connectivity index (χ4n) is 3.11. The second-order valence-electron chi connectivity index (χ2n) is 5.72. The fraction of sp³-hybridized carbons (Fsp3) is 0.353. The van der Waals surface area contributed by atoms with Crippen LogP contribution in [-0.4, -0.2) is 5.11 Å². The number of aryl methyl sites for hydroxylation is 3. The molecule has 0 saturated carbocycles. The monoisotopic (exact) mass is 269 g/mol. The molecule has 3 rings (SSSR count). The summed E-state index contributed by atoms with van der Waals surface area (Å²) in [5.41, 5.74) is 3.25. The Balaban J connectivity index is 2.22. The van der Waals surface area contributed by atoms with Crippen LogP contribution in [0.3, 0.4) is 0 Å². The highest BCUT2D eigenvalue weighted by atomic mass is 16.5. The Kier molecular flexibility index (Phi) is 3.02. The van der Waals surface area contributed by atoms with Crippen molar-refractivity contribution in [1.29, 1.82) is 0 Å². The van der Waals surface area contributed by atoms with Crippen molar-refractivity contribution >= 4 is 0 Å². The van der Waals surface area contributed by atoms with E-state index in [0.717, 1.165) is 39.8 Å². The van der Waals surface area contributed by atoms with Crippen LogP contribution in [0.25, 0.3) is 0 Å². The first kappa shape index (κ1) is 13.1. The number of pyridine rings is 1. The molecule has 20 heavy (non-hydrogen) atoms. The van der Waals surface area contributed by atoms with Gasteiger partial charge in [-0.25, -0.2) is 0 Å². The maximum Gasteiger partial charge on any atom is 0.229 e. The van der Waals surface area contributed by atoms with Crippen LogP contribution < -0.4 is 4.73 Å². The van der Waals surface area contributed by atoms with Crippen molar-refractivity contribution in [1.82, 2.24) is 0 Å². The average molecular weight is 269 g/mol. The van der Waals surface area contributed by atoms with Gasteiger partial charge in [0.2, 0.25) is 5.69 Å². The number of hydrogen-bond acceptors (Lipinski definition) is 2. The molecule has 1 aliphatic carbocycles. The zero-order valence-electron chi connectivity index (χ0n) is 11.9. The van der Waals surface area contributed by atoms with Gasteiger partial charge in [0.05, 0.1) is 0 Å². The van der Waals surface area contributed by atoms with Gasteiger partial charge in [-0.3, -0.25) is 0 Å². The summed E-state index contributed by atoms with van der Waals surface area (Å²) in [5.74, 6) is 0. The number of hydrogen-bond donors (Lipinski definition) is 1. The Morgan fingerprint density at radius 1 is 1.20 bits per heavy atom. The quantitative estimate of drug-likeness (QED) is 0.638. The van der Waals surface area contributed by atoms with Gasteiger partial charge in [-0.1, -0.05) is 24.3 Å². The lowest BCUT2D eigenvalue weighted by molar-refractivity contribution is -0.622. The molecule has 1 aromatic carbocycles. The first-order valence-corrected chi connectivity index (χ1v) is 7.04. The van der Waals surface area contributed by atoms with Gasteiger partial charge in [0, 0.05) is 11.6 Å². The third kappa shape index (κ3) is 1.90. The summed E-state index contributed by atoms with van der Waals surface area (Å²) < 4.78 is 0.824. The molecule has 3 heteroatoms. The Labute approximate surface area is 119 Å². The van der Waals surface area contributed by atoms with Crippen LogP contribution in [0.1, 0.15) is 40.8 Å². The van der Waals surface area contributed by atoms with E-state index in [1.807, 2.05) is 44.2 Å². The number of aromatic nitrogens is 1. The van der Waals surface area contributed by atoms with E-state index in [-0.39, 0.29) is 0 Å². The van der Waals surface area contributed by atoms with Crippen LogP contribution in [0.15, 0.2) is 36.5 Å². The predicted octanol–water partition coefficient (Wildman–Crippen LogP) is 2.51. The summed E-state index contributed by atoms with van der Waals surface area (Å²) in [4.78, 5) is 0. The van der Waals surface area contributed by atoms with E-state index in [9.17, 15) is 10.3 Å². The number of fused-ring (bicyclic) bond motifs is 1. The summed E-state index contributed by atoms with van der Waals surface area (Å²) in [5, 5.41) is 23.4.